The van der Waals surface area contributed by atoms with Crippen LogP contribution in [0, 0.1) is 11.6 Å². The SMILES string of the molecule is C[C@H](N)C(=O)N(C(=O)Cc1cc(F)cc(F)c1)[C@@H]1C(=O)N(C)[C@@H](c2ccccc2)CC[C@@H]1c1ccccc1. The van der Waals surface area contributed by atoms with Gasteiger partial charge in [-0.05, 0) is 48.6 Å². The van der Waals surface area contributed by atoms with E-state index in [0.29, 0.717) is 18.9 Å². The summed E-state index contributed by atoms with van der Waals surface area (Å²) in [5.74, 6) is -4.05. The molecule has 4 atom stereocenters. The second-order valence-electron chi connectivity index (χ2n) is 9.76. The van der Waals surface area contributed by atoms with Crippen molar-refractivity contribution in [2.45, 2.75) is 50.2 Å². The molecule has 0 aliphatic carbocycles. The molecule has 2 N–H and O–H groups in total. The van der Waals surface area contributed by atoms with Crippen LogP contribution < -0.4 is 5.73 Å². The summed E-state index contributed by atoms with van der Waals surface area (Å²) < 4.78 is 27.7. The summed E-state index contributed by atoms with van der Waals surface area (Å²) in [7, 11) is 1.67. The van der Waals surface area contributed by atoms with Crippen molar-refractivity contribution >= 4 is 17.7 Å². The summed E-state index contributed by atoms with van der Waals surface area (Å²) >= 11 is 0. The number of hydrogen-bond donors (Lipinski definition) is 1. The molecule has 198 valence electrons. The van der Waals surface area contributed by atoms with Gasteiger partial charge >= 0.3 is 0 Å². The summed E-state index contributed by atoms with van der Waals surface area (Å²) in [5.41, 5.74) is 7.77. The van der Waals surface area contributed by atoms with Crippen molar-refractivity contribution in [3.05, 3.63) is 107 Å². The second kappa shape index (κ2) is 11.6. The monoisotopic (exact) mass is 519 g/mol. The number of carbonyl (C=O) groups is 3. The number of benzene rings is 3. The number of carbonyl (C=O) groups excluding carboxylic acids is 3. The summed E-state index contributed by atoms with van der Waals surface area (Å²) in [6.07, 6.45) is 0.644. The Kier molecular flexibility index (Phi) is 8.32. The van der Waals surface area contributed by atoms with E-state index in [2.05, 4.69) is 0 Å². The average molecular weight is 520 g/mol. The molecule has 1 heterocycles. The van der Waals surface area contributed by atoms with Crippen molar-refractivity contribution in [1.29, 1.82) is 0 Å². The summed E-state index contributed by atoms with van der Waals surface area (Å²) in [6, 6.07) is 19.1. The Bertz CT molecular complexity index is 1280. The zero-order chi connectivity index (χ0) is 27.4. The van der Waals surface area contributed by atoms with Crippen molar-refractivity contribution in [3.8, 4) is 0 Å². The number of likely N-dealkylation sites (tertiary alicyclic amines) is 1. The third kappa shape index (κ3) is 5.81. The molecule has 1 aliphatic heterocycles. The van der Waals surface area contributed by atoms with E-state index in [0.717, 1.165) is 28.2 Å². The van der Waals surface area contributed by atoms with Crippen molar-refractivity contribution in [2.24, 2.45) is 5.73 Å². The van der Waals surface area contributed by atoms with Crippen LogP contribution >= 0.6 is 0 Å². The first-order valence-corrected chi connectivity index (χ1v) is 12.6. The Morgan fingerprint density at radius 3 is 2.05 bits per heavy atom. The van der Waals surface area contributed by atoms with E-state index < -0.39 is 53.8 Å². The number of likely N-dealkylation sites (N-methyl/N-ethyl adjacent to an activating group) is 1. The van der Waals surface area contributed by atoms with Gasteiger partial charge in [-0.1, -0.05) is 60.7 Å². The molecule has 3 amide bonds. The van der Waals surface area contributed by atoms with E-state index in [4.69, 9.17) is 5.73 Å². The molecule has 6 nitrogen and oxygen atoms in total. The minimum absolute atomic E-state index is 0.0582. The first-order valence-electron chi connectivity index (χ1n) is 12.6. The van der Waals surface area contributed by atoms with Gasteiger partial charge in [0.1, 0.15) is 17.7 Å². The second-order valence-corrected chi connectivity index (χ2v) is 9.76. The van der Waals surface area contributed by atoms with E-state index in [1.54, 1.807) is 11.9 Å². The quantitative estimate of drug-likeness (QED) is 0.525. The lowest BCUT2D eigenvalue weighted by atomic mass is 9.85. The Morgan fingerprint density at radius 2 is 1.50 bits per heavy atom. The Morgan fingerprint density at radius 1 is 0.947 bits per heavy atom. The van der Waals surface area contributed by atoms with Crippen LogP contribution in [-0.4, -0.2) is 46.7 Å². The maximum atomic E-state index is 14.2. The topological polar surface area (TPSA) is 83.7 Å². The van der Waals surface area contributed by atoms with Gasteiger partial charge in [0.05, 0.1) is 18.5 Å². The molecule has 3 aromatic rings. The number of nitrogens with two attached hydrogens (primary N) is 1. The molecular formula is C30H31F2N3O3. The summed E-state index contributed by atoms with van der Waals surface area (Å²) in [4.78, 5) is 43.8. The van der Waals surface area contributed by atoms with Crippen LogP contribution in [0.3, 0.4) is 0 Å². The lowest BCUT2D eigenvalue weighted by Crippen LogP contribution is -2.58. The highest BCUT2D eigenvalue weighted by atomic mass is 19.1. The van der Waals surface area contributed by atoms with Gasteiger partial charge in [0, 0.05) is 19.0 Å². The highest BCUT2D eigenvalue weighted by Crippen LogP contribution is 2.39. The summed E-state index contributed by atoms with van der Waals surface area (Å²) in [5, 5.41) is 0. The van der Waals surface area contributed by atoms with E-state index in [1.165, 1.54) is 6.92 Å². The maximum absolute atomic E-state index is 14.2. The molecule has 38 heavy (non-hydrogen) atoms. The number of rotatable bonds is 6. The van der Waals surface area contributed by atoms with Gasteiger partial charge in [-0.15, -0.1) is 0 Å². The van der Waals surface area contributed by atoms with Crippen LogP contribution in [0.4, 0.5) is 8.78 Å². The first kappa shape index (κ1) is 27.1. The molecular weight excluding hydrogens is 488 g/mol. The van der Waals surface area contributed by atoms with Gasteiger partial charge in [0.2, 0.25) is 17.7 Å². The molecule has 0 radical (unpaired) electrons. The van der Waals surface area contributed by atoms with Gasteiger partial charge in [-0.2, -0.15) is 0 Å². The largest absolute Gasteiger partial charge is 0.337 e. The normalized spacial score (nSPS) is 20.5. The Hall–Kier alpha value is -3.91. The highest BCUT2D eigenvalue weighted by Gasteiger charge is 2.46. The first-order chi connectivity index (χ1) is 18.2. The lowest BCUT2D eigenvalue weighted by Gasteiger charge is -2.36. The van der Waals surface area contributed by atoms with Crippen molar-refractivity contribution in [2.75, 3.05) is 7.05 Å². The number of amides is 3. The molecule has 1 fully saturated rings. The predicted molar refractivity (Wildman–Crippen MR) is 140 cm³/mol. The Labute approximate surface area is 221 Å². The molecule has 0 unspecified atom stereocenters. The minimum atomic E-state index is -1.18. The van der Waals surface area contributed by atoms with Gasteiger partial charge in [-0.25, -0.2) is 8.78 Å². The molecule has 0 bridgehead atoms. The van der Waals surface area contributed by atoms with Crippen molar-refractivity contribution in [3.63, 3.8) is 0 Å². The van der Waals surface area contributed by atoms with Crippen LogP contribution in [-0.2, 0) is 20.8 Å². The van der Waals surface area contributed by atoms with Crippen LogP contribution in [0.25, 0.3) is 0 Å². The van der Waals surface area contributed by atoms with E-state index in [9.17, 15) is 23.2 Å². The smallest absolute Gasteiger partial charge is 0.246 e. The van der Waals surface area contributed by atoms with Crippen molar-refractivity contribution in [1.82, 2.24) is 9.80 Å². The number of imide groups is 1. The molecule has 1 saturated heterocycles. The fourth-order valence-electron chi connectivity index (χ4n) is 5.24. The fraction of sp³-hybridized carbons (Fsp3) is 0.300. The van der Waals surface area contributed by atoms with Crippen LogP contribution in [0.1, 0.15) is 48.4 Å². The molecule has 3 aromatic carbocycles. The number of nitrogens with zero attached hydrogens (tertiary/aromatic N) is 2. The zero-order valence-corrected chi connectivity index (χ0v) is 21.4. The highest BCUT2D eigenvalue weighted by molar-refractivity contribution is 6.03. The van der Waals surface area contributed by atoms with Crippen LogP contribution in [0.15, 0.2) is 78.9 Å². The third-order valence-corrected chi connectivity index (χ3v) is 7.06. The van der Waals surface area contributed by atoms with Gasteiger partial charge < -0.3 is 10.6 Å². The van der Waals surface area contributed by atoms with E-state index in [-0.39, 0.29) is 11.6 Å². The maximum Gasteiger partial charge on any atom is 0.246 e. The average Bonchev–Trinajstić information content (AvgIpc) is 3.01. The van der Waals surface area contributed by atoms with Gasteiger partial charge in [0.25, 0.3) is 0 Å². The number of hydrogen-bond acceptors (Lipinski definition) is 4. The fourth-order valence-corrected chi connectivity index (χ4v) is 5.24. The molecule has 0 saturated carbocycles. The van der Waals surface area contributed by atoms with Gasteiger partial charge in [0.15, 0.2) is 0 Å². The number of halogens is 2. The standard InChI is InChI=1S/C30H31F2N3O3/c1-19(33)29(37)35(27(36)17-20-15-23(31)18-24(32)16-20)28-25(21-9-5-3-6-10-21)13-14-26(34(2)30(28)38)22-11-7-4-8-12-22/h3-12,15-16,18-19,25-26,28H,13-14,17,33H2,1-2H3/t19-,25+,26+,28-/m0/s1. The Balaban J connectivity index is 1.80. The molecule has 1 aliphatic rings. The van der Waals surface area contributed by atoms with E-state index in [1.807, 2.05) is 60.7 Å². The third-order valence-electron chi connectivity index (χ3n) is 7.06. The lowest BCUT2D eigenvalue weighted by molar-refractivity contribution is -0.156. The zero-order valence-electron chi connectivity index (χ0n) is 21.4. The summed E-state index contributed by atoms with van der Waals surface area (Å²) in [6.45, 7) is 1.44. The molecule has 8 heteroatoms. The van der Waals surface area contributed by atoms with Gasteiger partial charge in [-0.3, -0.25) is 19.3 Å². The van der Waals surface area contributed by atoms with Crippen LogP contribution in [0.5, 0.6) is 0 Å². The van der Waals surface area contributed by atoms with E-state index >= 15 is 0 Å². The molecule has 0 spiro atoms. The molecule has 0 aromatic heterocycles. The molecule has 4 rings (SSSR count). The van der Waals surface area contributed by atoms with Crippen LogP contribution in [0.2, 0.25) is 0 Å². The van der Waals surface area contributed by atoms with Crippen molar-refractivity contribution < 1.29 is 23.2 Å². The minimum Gasteiger partial charge on any atom is -0.337 e. The predicted octanol–water partition coefficient (Wildman–Crippen LogP) is 4.36.